The lowest BCUT2D eigenvalue weighted by Crippen LogP contribution is -2.23. The number of halogens is 2. The second-order valence-corrected chi connectivity index (χ2v) is 6.72. The number of nitrogens with zero attached hydrogens (tertiary/aromatic N) is 2. The zero-order chi connectivity index (χ0) is 15.7. The van der Waals surface area contributed by atoms with Gasteiger partial charge in [-0.25, -0.2) is 4.99 Å². The maximum atomic E-state index is 12.3. The summed E-state index contributed by atoms with van der Waals surface area (Å²) in [4.78, 5) is 18.8. The lowest BCUT2D eigenvalue weighted by atomic mass is 10.3. The Morgan fingerprint density at radius 2 is 2.18 bits per heavy atom. The minimum absolute atomic E-state index is 0.113. The van der Waals surface area contributed by atoms with Crippen molar-refractivity contribution in [2.45, 2.75) is 0 Å². The molecule has 1 saturated heterocycles. The highest BCUT2D eigenvalue weighted by molar-refractivity contribution is 9.10. The number of likely N-dealkylation sites (N-methyl/N-ethyl adjacent to an activating group) is 1. The number of rotatable bonds is 2. The highest BCUT2D eigenvalue weighted by atomic mass is 79.9. The van der Waals surface area contributed by atoms with Crippen LogP contribution in [-0.2, 0) is 4.79 Å². The summed E-state index contributed by atoms with van der Waals surface area (Å²) in [5, 5.41) is 1.21. The number of hydrogen-bond acceptors (Lipinski definition) is 4. The van der Waals surface area contributed by atoms with E-state index in [-0.39, 0.29) is 5.91 Å². The Kier molecular flexibility index (Phi) is 4.42. The van der Waals surface area contributed by atoms with Crippen molar-refractivity contribution >= 4 is 62.1 Å². The summed E-state index contributed by atoms with van der Waals surface area (Å²) in [5.41, 5.74) is 0.705. The van der Waals surface area contributed by atoms with Crippen molar-refractivity contribution in [2.24, 2.45) is 4.99 Å². The predicted molar refractivity (Wildman–Crippen MR) is 93.3 cm³/mol. The van der Waals surface area contributed by atoms with Gasteiger partial charge in [0.15, 0.2) is 9.84 Å². The third-order valence-electron chi connectivity index (χ3n) is 2.90. The van der Waals surface area contributed by atoms with E-state index in [0.717, 1.165) is 0 Å². The summed E-state index contributed by atoms with van der Waals surface area (Å²) in [7, 11) is 1.69. The number of benzene rings is 1. The maximum absolute atomic E-state index is 12.3. The number of amides is 1. The first kappa shape index (κ1) is 15.4. The van der Waals surface area contributed by atoms with E-state index in [1.54, 1.807) is 37.4 Å². The molecule has 22 heavy (non-hydrogen) atoms. The van der Waals surface area contributed by atoms with Gasteiger partial charge in [-0.2, -0.15) is 0 Å². The fourth-order valence-corrected chi connectivity index (χ4v) is 3.31. The van der Waals surface area contributed by atoms with E-state index in [0.29, 0.717) is 31.2 Å². The van der Waals surface area contributed by atoms with Crippen molar-refractivity contribution in [3.05, 3.63) is 56.8 Å². The van der Waals surface area contributed by atoms with E-state index in [1.165, 1.54) is 16.7 Å². The van der Waals surface area contributed by atoms with E-state index in [9.17, 15) is 4.79 Å². The molecular formula is C15H10BrClN2O2S. The topological polar surface area (TPSA) is 45.8 Å². The molecule has 2 heterocycles. The fourth-order valence-electron chi connectivity index (χ4n) is 1.84. The molecule has 1 aliphatic rings. The summed E-state index contributed by atoms with van der Waals surface area (Å²) in [6.07, 6.45) is 1.70. The van der Waals surface area contributed by atoms with Crippen LogP contribution < -0.4 is 0 Å². The van der Waals surface area contributed by atoms with Crippen molar-refractivity contribution in [2.75, 3.05) is 7.05 Å². The number of carbonyl (C=O) groups is 1. The second kappa shape index (κ2) is 6.32. The highest BCUT2D eigenvalue weighted by Crippen LogP contribution is 2.33. The summed E-state index contributed by atoms with van der Waals surface area (Å²) >= 11 is 10.5. The molecule has 1 aromatic heterocycles. The van der Waals surface area contributed by atoms with Gasteiger partial charge in [0, 0.05) is 18.1 Å². The van der Waals surface area contributed by atoms with Gasteiger partial charge in [0.25, 0.3) is 5.91 Å². The summed E-state index contributed by atoms with van der Waals surface area (Å²) in [5.74, 6) is 0.499. The van der Waals surface area contributed by atoms with E-state index in [1.807, 2.05) is 12.1 Å². The van der Waals surface area contributed by atoms with Gasteiger partial charge in [0.1, 0.15) is 5.76 Å². The number of furan rings is 1. The molecule has 2 aromatic rings. The molecule has 0 atom stereocenters. The third-order valence-corrected chi connectivity index (χ3v) is 4.63. The minimum atomic E-state index is -0.113. The average molecular weight is 398 g/mol. The van der Waals surface area contributed by atoms with Crippen LogP contribution >= 0.6 is 39.3 Å². The SMILES string of the molecule is CN1C(=O)/C(=C\c2ccc(Br)o2)SC1=Nc1cccc(Cl)c1. The molecule has 0 bridgehead atoms. The van der Waals surface area contributed by atoms with Crippen molar-refractivity contribution in [3.63, 3.8) is 0 Å². The molecule has 1 aromatic carbocycles. The Morgan fingerprint density at radius 1 is 1.36 bits per heavy atom. The van der Waals surface area contributed by atoms with Crippen LogP contribution in [-0.4, -0.2) is 23.0 Å². The molecule has 3 rings (SSSR count). The zero-order valence-electron chi connectivity index (χ0n) is 11.4. The lowest BCUT2D eigenvalue weighted by Gasteiger charge is -2.07. The Morgan fingerprint density at radius 3 is 2.86 bits per heavy atom. The Balaban J connectivity index is 1.90. The standard InChI is InChI=1S/C15H10BrClN2O2S/c1-19-14(20)12(8-11-5-6-13(16)21-11)22-15(19)18-10-4-2-3-9(17)7-10/h2-8H,1H3/b12-8+,18-15?. The maximum Gasteiger partial charge on any atom is 0.266 e. The first-order chi connectivity index (χ1) is 10.5. The number of carbonyl (C=O) groups excluding carboxylic acids is 1. The normalized spacial score (nSPS) is 18.7. The Labute approximate surface area is 145 Å². The monoisotopic (exact) mass is 396 g/mol. The van der Waals surface area contributed by atoms with Crippen LogP contribution in [0.25, 0.3) is 6.08 Å². The van der Waals surface area contributed by atoms with Gasteiger partial charge in [-0.3, -0.25) is 9.69 Å². The minimum Gasteiger partial charge on any atom is -0.450 e. The van der Waals surface area contributed by atoms with Crippen LogP contribution in [0, 0.1) is 0 Å². The van der Waals surface area contributed by atoms with Crippen LogP contribution in [0.1, 0.15) is 5.76 Å². The number of thioether (sulfide) groups is 1. The number of hydrogen-bond donors (Lipinski definition) is 0. The number of amidine groups is 1. The van der Waals surface area contributed by atoms with Gasteiger partial charge in [-0.15, -0.1) is 0 Å². The fraction of sp³-hybridized carbons (Fsp3) is 0.0667. The Hall–Kier alpha value is -1.50. The summed E-state index contributed by atoms with van der Waals surface area (Å²) in [6.45, 7) is 0. The molecule has 7 heteroatoms. The average Bonchev–Trinajstić information content (AvgIpc) is 2.99. The third kappa shape index (κ3) is 3.29. The molecule has 1 amide bonds. The van der Waals surface area contributed by atoms with Crippen molar-refractivity contribution in [1.29, 1.82) is 0 Å². The molecule has 1 fully saturated rings. The van der Waals surface area contributed by atoms with Gasteiger partial charge in [0.05, 0.1) is 10.6 Å². The zero-order valence-corrected chi connectivity index (χ0v) is 14.6. The molecule has 0 saturated carbocycles. The van der Waals surface area contributed by atoms with Gasteiger partial charge in [-0.1, -0.05) is 17.7 Å². The highest BCUT2D eigenvalue weighted by Gasteiger charge is 2.30. The second-order valence-electron chi connectivity index (χ2n) is 4.49. The van der Waals surface area contributed by atoms with Crippen LogP contribution in [0.3, 0.4) is 0 Å². The van der Waals surface area contributed by atoms with E-state index >= 15 is 0 Å². The summed E-state index contributed by atoms with van der Waals surface area (Å²) in [6, 6.07) is 10.8. The van der Waals surface area contributed by atoms with Gasteiger partial charge in [0.2, 0.25) is 0 Å². The molecule has 4 nitrogen and oxygen atoms in total. The van der Waals surface area contributed by atoms with E-state index < -0.39 is 0 Å². The molecule has 0 unspecified atom stereocenters. The van der Waals surface area contributed by atoms with Crippen LogP contribution in [0.4, 0.5) is 5.69 Å². The Bertz CT molecular complexity index is 800. The molecule has 112 valence electrons. The van der Waals surface area contributed by atoms with Crippen LogP contribution in [0.2, 0.25) is 5.02 Å². The molecule has 0 radical (unpaired) electrons. The number of aliphatic imine (C=N–C) groups is 1. The molecule has 0 spiro atoms. The van der Waals surface area contributed by atoms with Crippen molar-refractivity contribution in [3.8, 4) is 0 Å². The first-order valence-corrected chi connectivity index (χ1v) is 8.29. The molecule has 0 aliphatic carbocycles. The van der Waals surface area contributed by atoms with E-state index in [4.69, 9.17) is 16.0 Å². The largest absolute Gasteiger partial charge is 0.450 e. The smallest absolute Gasteiger partial charge is 0.266 e. The predicted octanol–water partition coefficient (Wildman–Crippen LogP) is 4.93. The van der Waals surface area contributed by atoms with Crippen molar-refractivity contribution < 1.29 is 9.21 Å². The van der Waals surface area contributed by atoms with Crippen LogP contribution in [0.5, 0.6) is 0 Å². The summed E-state index contributed by atoms with van der Waals surface area (Å²) < 4.78 is 6.02. The van der Waals surface area contributed by atoms with E-state index in [2.05, 4.69) is 20.9 Å². The van der Waals surface area contributed by atoms with Gasteiger partial charge >= 0.3 is 0 Å². The quantitative estimate of drug-likeness (QED) is 0.675. The molecule has 0 N–H and O–H groups in total. The van der Waals surface area contributed by atoms with Crippen molar-refractivity contribution in [1.82, 2.24) is 4.90 Å². The van der Waals surface area contributed by atoms with Crippen LogP contribution in [0.15, 0.2) is 55.4 Å². The lowest BCUT2D eigenvalue weighted by molar-refractivity contribution is -0.121. The van der Waals surface area contributed by atoms with Gasteiger partial charge < -0.3 is 4.42 Å². The first-order valence-electron chi connectivity index (χ1n) is 6.30. The van der Waals surface area contributed by atoms with Gasteiger partial charge in [-0.05, 0) is 58.0 Å². The molecular weight excluding hydrogens is 388 g/mol. The molecule has 1 aliphatic heterocycles.